The number of hydrogen-bond donors (Lipinski definition) is 1. The quantitative estimate of drug-likeness (QED) is 0.908. The number of hydrogen-bond acceptors (Lipinski definition) is 2. The molecule has 1 saturated heterocycles. The first-order valence-corrected chi connectivity index (χ1v) is 6.63. The molecule has 0 aromatic heterocycles. The van der Waals surface area contributed by atoms with E-state index in [0.29, 0.717) is 10.9 Å². The molecular weight excluding hydrogens is 285 g/mol. The van der Waals surface area contributed by atoms with E-state index in [9.17, 15) is 9.50 Å². The highest BCUT2D eigenvalue weighted by Crippen LogP contribution is 2.30. The average Bonchev–Trinajstić information content (AvgIpc) is 2.30. The predicted molar refractivity (Wildman–Crippen MR) is 69.5 cm³/mol. The van der Waals surface area contributed by atoms with E-state index in [2.05, 4.69) is 27.9 Å². The molecule has 0 unspecified atom stereocenters. The van der Waals surface area contributed by atoms with Crippen LogP contribution in [0.4, 0.5) is 4.39 Å². The van der Waals surface area contributed by atoms with Gasteiger partial charge in [-0.1, -0.05) is 12.1 Å². The van der Waals surface area contributed by atoms with E-state index in [1.807, 2.05) is 6.07 Å². The van der Waals surface area contributed by atoms with Crippen molar-refractivity contribution in [3.05, 3.63) is 34.1 Å². The molecule has 4 heteroatoms. The molecule has 1 aromatic rings. The van der Waals surface area contributed by atoms with Crippen molar-refractivity contribution in [1.82, 2.24) is 4.90 Å². The Bertz CT molecular complexity index is 402. The highest BCUT2D eigenvalue weighted by Gasteiger charge is 2.31. The molecule has 1 heterocycles. The van der Waals surface area contributed by atoms with Crippen LogP contribution in [-0.2, 0) is 6.42 Å². The Morgan fingerprint density at radius 3 is 2.71 bits per heavy atom. The number of likely N-dealkylation sites (tertiary alicyclic amines) is 1. The van der Waals surface area contributed by atoms with Crippen LogP contribution in [0.15, 0.2) is 22.7 Å². The van der Waals surface area contributed by atoms with Gasteiger partial charge in [0.15, 0.2) is 0 Å². The maximum atomic E-state index is 13.4. The average molecular weight is 302 g/mol. The Balaban J connectivity index is 2.12. The zero-order valence-corrected chi connectivity index (χ0v) is 11.5. The SMILES string of the molecule is CN1CCC(O)(Cc2cccc(F)c2Br)CC1. The fourth-order valence-electron chi connectivity index (χ4n) is 2.25. The smallest absolute Gasteiger partial charge is 0.137 e. The first-order chi connectivity index (χ1) is 8.00. The van der Waals surface area contributed by atoms with Gasteiger partial charge in [-0.25, -0.2) is 4.39 Å². The molecule has 2 nitrogen and oxygen atoms in total. The number of nitrogens with zero attached hydrogens (tertiary/aromatic N) is 1. The molecule has 1 N–H and O–H groups in total. The molecule has 2 rings (SSSR count). The predicted octanol–water partition coefficient (Wildman–Crippen LogP) is 2.59. The lowest BCUT2D eigenvalue weighted by Gasteiger charge is -2.36. The first kappa shape index (κ1) is 13.0. The van der Waals surface area contributed by atoms with E-state index in [-0.39, 0.29) is 5.82 Å². The Hall–Kier alpha value is -0.450. The minimum absolute atomic E-state index is 0.265. The standard InChI is InChI=1S/C13H17BrFNO/c1-16-7-5-13(17,6-8-16)9-10-3-2-4-11(15)12(10)14/h2-4,17H,5-9H2,1H3. The molecule has 1 aliphatic heterocycles. The van der Waals surface area contributed by atoms with Gasteiger partial charge < -0.3 is 10.0 Å². The van der Waals surface area contributed by atoms with Crippen molar-refractivity contribution in [3.8, 4) is 0 Å². The molecule has 0 atom stereocenters. The fourth-order valence-corrected chi connectivity index (χ4v) is 2.66. The number of rotatable bonds is 2. The zero-order chi connectivity index (χ0) is 12.5. The topological polar surface area (TPSA) is 23.5 Å². The third-order valence-corrected chi connectivity index (χ3v) is 4.36. The van der Waals surface area contributed by atoms with Gasteiger partial charge in [0.25, 0.3) is 0 Å². The molecule has 1 aromatic carbocycles. The molecule has 0 radical (unpaired) electrons. The molecule has 0 bridgehead atoms. The summed E-state index contributed by atoms with van der Waals surface area (Å²) in [6, 6.07) is 4.98. The van der Waals surface area contributed by atoms with Crippen LogP contribution in [0, 0.1) is 5.82 Å². The summed E-state index contributed by atoms with van der Waals surface area (Å²) in [7, 11) is 2.05. The van der Waals surface area contributed by atoms with Crippen molar-refractivity contribution in [1.29, 1.82) is 0 Å². The third-order valence-electron chi connectivity index (χ3n) is 3.47. The minimum Gasteiger partial charge on any atom is -0.389 e. The highest BCUT2D eigenvalue weighted by molar-refractivity contribution is 9.10. The first-order valence-electron chi connectivity index (χ1n) is 5.84. The monoisotopic (exact) mass is 301 g/mol. The van der Waals surface area contributed by atoms with E-state index in [4.69, 9.17) is 0 Å². The maximum absolute atomic E-state index is 13.4. The lowest BCUT2D eigenvalue weighted by molar-refractivity contribution is -0.0151. The molecule has 0 aliphatic carbocycles. The van der Waals surface area contributed by atoms with Gasteiger partial charge >= 0.3 is 0 Å². The van der Waals surface area contributed by atoms with Gasteiger partial charge in [-0.2, -0.15) is 0 Å². The van der Waals surface area contributed by atoms with Crippen LogP contribution in [0.3, 0.4) is 0 Å². The zero-order valence-electron chi connectivity index (χ0n) is 9.92. The number of benzene rings is 1. The molecule has 0 saturated carbocycles. The summed E-state index contributed by atoms with van der Waals surface area (Å²) >= 11 is 3.25. The van der Waals surface area contributed by atoms with E-state index < -0.39 is 5.60 Å². The van der Waals surface area contributed by atoms with Gasteiger partial charge in [-0.15, -0.1) is 0 Å². The van der Waals surface area contributed by atoms with E-state index >= 15 is 0 Å². The van der Waals surface area contributed by atoms with Crippen LogP contribution >= 0.6 is 15.9 Å². The van der Waals surface area contributed by atoms with Crippen molar-refractivity contribution in [2.75, 3.05) is 20.1 Å². The highest BCUT2D eigenvalue weighted by atomic mass is 79.9. The molecule has 1 fully saturated rings. The van der Waals surface area contributed by atoms with Crippen LogP contribution in [0.25, 0.3) is 0 Å². The maximum Gasteiger partial charge on any atom is 0.137 e. The van der Waals surface area contributed by atoms with E-state index in [0.717, 1.165) is 31.5 Å². The molecule has 0 spiro atoms. The van der Waals surface area contributed by atoms with Gasteiger partial charge in [-0.05, 0) is 47.4 Å². The number of halogens is 2. The summed E-state index contributed by atoms with van der Waals surface area (Å²) in [6.07, 6.45) is 2.00. The summed E-state index contributed by atoms with van der Waals surface area (Å²) < 4.78 is 13.9. The summed E-state index contributed by atoms with van der Waals surface area (Å²) in [6.45, 7) is 1.78. The van der Waals surface area contributed by atoms with Crippen molar-refractivity contribution in [2.24, 2.45) is 0 Å². The van der Waals surface area contributed by atoms with Crippen LogP contribution in [-0.4, -0.2) is 35.7 Å². The Morgan fingerprint density at radius 1 is 1.41 bits per heavy atom. The van der Waals surface area contributed by atoms with Crippen LogP contribution < -0.4 is 0 Å². The number of piperidine rings is 1. The summed E-state index contributed by atoms with van der Waals surface area (Å²) in [5.41, 5.74) is 0.153. The van der Waals surface area contributed by atoms with Crippen molar-refractivity contribution < 1.29 is 9.50 Å². The van der Waals surface area contributed by atoms with Gasteiger partial charge in [-0.3, -0.25) is 0 Å². The molecular formula is C13H17BrFNO. The second-order valence-electron chi connectivity index (χ2n) is 4.92. The van der Waals surface area contributed by atoms with Gasteiger partial charge in [0.05, 0.1) is 10.1 Å². The van der Waals surface area contributed by atoms with Crippen molar-refractivity contribution >= 4 is 15.9 Å². The van der Waals surface area contributed by atoms with Gasteiger partial charge in [0, 0.05) is 19.5 Å². The molecule has 17 heavy (non-hydrogen) atoms. The largest absolute Gasteiger partial charge is 0.389 e. The Kier molecular flexibility index (Phi) is 3.85. The van der Waals surface area contributed by atoms with Crippen molar-refractivity contribution in [2.45, 2.75) is 24.9 Å². The lowest BCUT2D eigenvalue weighted by Crippen LogP contribution is -2.44. The second-order valence-corrected chi connectivity index (χ2v) is 5.71. The lowest BCUT2D eigenvalue weighted by atomic mass is 9.85. The fraction of sp³-hybridized carbons (Fsp3) is 0.538. The summed E-state index contributed by atoms with van der Waals surface area (Å²) in [5.74, 6) is -0.265. The van der Waals surface area contributed by atoms with E-state index in [1.165, 1.54) is 6.07 Å². The van der Waals surface area contributed by atoms with Crippen LogP contribution in [0.5, 0.6) is 0 Å². The number of aliphatic hydroxyl groups is 1. The third kappa shape index (κ3) is 3.06. The Morgan fingerprint density at radius 2 is 2.06 bits per heavy atom. The normalized spacial score (nSPS) is 20.5. The molecule has 1 aliphatic rings. The summed E-state index contributed by atoms with van der Waals surface area (Å²) in [4.78, 5) is 2.20. The molecule has 94 valence electrons. The van der Waals surface area contributed by atoms with Crippen LogP contribution in [0.2, 0.25) is 0 Å². The molecule has 0 amide bonds. The van der Waals surface area contributed by atoms with Gasteiger partial charge in [0.2, 0.25) is 0 Å². The van der Waals surface area contributed by atoms with Crippen molar-refractivity contribution in [3.63, 3.8) is 0 Å². The summed E-state index contributed by atoms with van der Waals surface area (Å²) in [5, 5.41) is 10.5. The van der Waals surface area contributed by atoms with Gasteiger partial charge in [0.1, 0.15) is 5.82 Å². The van der Waals surface area contributed by atoms with E-state index in [1.54, 1.807) is 6.07 Å². The second kappa shape index (κ2) is 5.04. The van der Waals surface area contributed by atoms with Crippen LogP contribution in [0.1, 0.15) is 18.4 Å². The minimum atomic E-state index is -0.692. The Labute approximate surface area is 110 Å².